The molecular weight excluding hydrogens is 388 g/mol. The van der Waals surface area contributed by atoms with Gasteiger partial charge in [0.25, 0.3) is 11.8 Å². The highest BCUT2D eigenvalue weighted by Gasteiger charge is 2.27. The number of halogens is 1. The number of carbonyl (C=O) groups is 2. The number of nitrogens with two attached hydrogens (primary N) is 1. The molecule has 1 aromatic carbocycles. The van der Waals surface area contributed by atoms with Crippen LogP contribution in [0.3, 0.4) is 0 Å². The summed E-state index contributed by atoms with van der Waals surface area (Å²) in [5.74, 6) is 0.320. The molecule has 0 aliphatic carbocycles. The Morgan fingerprint density at radius 1 is 1.32 bits per heavy atom. The third kappa shape index (κ3) is 3.68. The second kappa shape index (κ2) is 7.26. The number of rotatable bonds is 4. The minimum Gasteiger partial charge on any atom is -0.497 e. The van der Waals surface area contributed by atoms with Crippen molar-refractivity contribution in [2.24, 2.45) is 5.73 Å². The average molecular weight is 407 g/mol. The fourth-order valence-corrected chi connectivity index (χ4v) is 3.45. The number of aromatic nitrogens is 2. The maximum atomic E-state index is 12.8. The number of amides is 2. The number of hydrogen-bond acceptors (Lipinski definition) is 4. The molecule has 2 aromatic rings. The second-order valence-electron chi connectivity index (χ2n) is 5.99. The molecule has 1 aliphatic heterocycles. The summed E-state index contributed by atoms with van der Waals surface area (Å²) < 4.78 is 5.95. The molecule has 7 nitrogen and oxygen atoms in total. The van der Waals surface area contributed by atoms with E-state index in [4.69, 9.17) is 10.5 Å². The molecule has 2 heterocycles. The number of ether oxygens (including phenoxy) is 1. The Labute approximate surface area is 153 Å². The van der Waals surface area contributed by atoms with Crippen molar-refractivity contribution in [1.29, 1.82) is 0 Å². The summed E-state index contributed by atoms with van der Waals surface area (Å²) >= 11 is 3.43. The Hall–Kier alpha value is -2.35. The van der Waals surface area contributed by atoms with E-state index >= 15 is 0 Å². The lowest BCUT2D eigenvalue weighted by Gasteiger charge is -2.31. The number of methoxy groups -OCH3 is 1. The highest BCUT2D eigenvalue weighted by atomic mass is 79.9. The number of piperidine rings is 1. The molecular formula is C17H19BrN4O3. The monoisotopic (exact) mass is 406 g/mol. The minimum atomic E-state index is -0.544. The van der Waals surface area contributed by atoms with Gasteiger partial charge in [-0.05, 0) is 53.0 Å². The fraction of sp³-hybridized carbons (Fsp3) is 0.353. The van der Waals surface area contributed by atoms with Crippen LogP contribution in [0.4, 0.5) is 0 Å². The number of likely N-dealkylation sites (tertiary alicyclic amines) is 1. The number of nitrogens with one attached hydrogen (secondary N) is 1. The zero-order valence-corrected chi connectivity index (χ0v) is 15.4. The minimum absolute atomic E-state index is 0.0216. The average Bonchev–Trinajstić information content (AvgIpc) is 3.12. The molecule has 25 heavy (non-hydrogen) atoms. The van der Waals surface area contributed by atoms with Crippen LogP contribution in [0.1, 0.15) is 45.3 Å². The lowest BCUT2D eigenvalue weighted by atomic mass is 9.93. The van der Waals surface area contributed by atoms with Crippen molar-refractivity contribution >= 4 is 27.7 Å². The molecule has 3 rings (SSSR count). The van der Waals surface area contributed by atoms with Gasteiger partial charge in [0.1, 0.15) is 11.4 Å². The lowest BCUT2D eigenvalue weighted by molar-refractivity contribution is 0.0710. The van der Waals surface area contributed by atoms with E-state index < -0.39 is 5.91 Å². The number of carbonyl (C=O) groups excluding carboxylic acids is 2. The fourth-order valence-electron chi connectivity index (χ4n) is 3.03. The molecule has 0 unspecified atom stereocenters. The summed E-state index contributed by atoms with van der Waals surface area (Å²) in [4.78, 5) is 25.8. The van der Waals surface area contributed by atoms with Crippen LogP contribution in [0, 0.1) is 0 Å². The number of nitrogens with zero attached hydrogens (tertiary/aromatic N) is 2. The number of primary amides is 1. The smallest absolute Gasteiger partial charge is 0.269 e. The first-order valence-electron chi connectivity index (χ1n) is 7.97. The van der Waals surface area contributed by atoms with E-state index in [0.29, 0.717) is 24.4 Å². The van der Waals surface area contributed by atoms with Gasteiger partial charge in [-0.15, -0.1) is 0 Å². The van der Waals surface area contributed by atoms with Gasteiger partial charge in [-0.25, -0.2) is 0 Å². The van der Waals surface area contributed by atoms with Gasteiger partial charge in [0.05, 0.1) is 12.7 Å². The predicted molar refractivity (Wildman–Crippen MR) is 95.7 cm³/mol. The first-order valence-corrected chi connectivity index (χ1v) is 8.77. The summed E-state index contributed by atoms with van der Waals surface area (Å²) in [6.45, 7) is 1.27. The molecule has 132 valence electrons. The summed E-state index contributed by atoms with van der Waals surface area (Å²) in [6, 6.07) is 7.06. The van der Waals surface area contributed by atoms with Gasteiger partial charge < -0.3 is 15.4 Å². The highest BCUT2D eigenvalue weighted by Crippen LogP contribution is 2.29. The van der Waals surface area contributed by atoms with Crippen LogP contribution < -0.4 is 10.5 Å². The maximum absolute atomic E-state index is 12.8. The largest absolute Gasteiger partial charge is 0.497 e. The normalized spacial score (nSPS) is 15.2. The Balaban J connectivity index is 1.67. The van der Waals surface area contributed by atoms with Gasteiger partial charge in [-0.1, -0.05) is 0 Å². The third-order valence-corrected chi connectivity index (χ3v) is 5.17. The van der Waals surface area contributed by atoms with Crippen LogP contribution in [0.25, 0.3) is 0 Å². The first kappa shape index (κ1) is 17.5. The molecule has 3 N–H and O–H groups in total. The van der Waals surface area contributed by atoms with Crippen molar-refractivity contribution < 1.29 is 14.3 Å². The Morgan fingerprint density at radius 2 is 2.04 bits per heavy atom. The molecule has 0 radical (unpaired) electrons. The number of H-pyrrole nitrogens is 1. The van der Waals surface area contributed by atoms with Crippen LogP contribution in [0.2, 0.25) is 0 Å². The van der Waals surface area contributed by atoms with Crippen molar-refractivity contribution in [3.05, 3.63) is 45.7 Å². The molecule has 1 aromatic heterocycles. The predicted octanol–water partition coefficient (Wildman–Crippen LogP) is 2.30. The molecule has 1 aliphatic rings. The van der Waals surface area contributed by atoms with Crippen molar-refractivity contribution in [2.75, 3.05) is 20.2 Å². The van der Waals surface area contributed by atoms with Crippen molar-refractivity contribution in [3.8, 4) is 5.75 Å². The van der Waals surface area contributed by atoms with Gasteiger partial charge in [0.15, 0.2) is 0 Å². The van der Waals surface area contributed by atoms with E-state index in [1.165, 1.54) is 0 Å². The van der Waals surface area contributed by atoms with Gasteiger partial charge >= 0.3 is 0 Å². The Morgan fingerprint density at radius 3 is 2.64 bits per heavy atom. The standard InChI is InChI=1S/C17H19BrN4O3/c1-25-11-2-3-13(18)12(8-11)17(24)22-6-4-10(5-7-22)14-9-15(16(19)23)21-20-14/h2-3,8-10H,4-7H2,1H3,(H2,19,23)(H,20,21). The van der Waals surface area contributed by atoms with Crippen LogP contribution in [0.15, 0.2) is 28.7 Å². The first-order chi connectivity index (χ1) is 12.0. The molecule has 0 saturated carbocycles. The van der Waals surface area contributed by atoms with E-state index in [2.05, 4.69) is 26.1 Å². The van der Waals surface area contributed by atoms with Gasteiger partial charge in [-0.2, -0.15) is 5.10 Å². The van der Waals surface area contributed by atoms with Crippen LogP contribution >= 0.6 is 15.9 Å². The number of aromatic amines is 1. The Bertz CT molecular complexity index is 797. The van der Waals surface area contributed by atoms with Crippen molar-refractivity contribution in [1.82, 2.24) is 15.1 Å². The van der Waals surface area contributed by atoms with Gasteiger partial charge in [0, 0.05) is 29.2 Å². The number of hydrogen-bond donors (Lipinski definition) is 2. The zero-order chi connectivity index (χ0) is 18.0. The Kier molecular flexibility index (Phi) is 5.08. The third-order valence-electron chi connectivity index (χ3n) is 4.48. The quantitative estimate of drug-likeness (QED) is 0.812. The van der Waals surface area contributed by atoms with Crippen molar-refractivity contribution in [2.45, 2.75) is 18.8 Å². The second-order valence-corrected chi connectivity index (χ2v) is 6.84. The molecule has 0 bridgehead atoms. The summed E-state index contributed by atoms with van der Waals surface area (Å²) in [5, 5.41) is 6.80. The van der Waals surface area contributed by atoms with Gasteiger partial charge in [-0.3, -0.25) is 14.7 Å². The molecule has 0 atom stereocenters. The van der Waals surface area contributed by atoms with Crippen LogP contribution in [-0.2, 0) is 0 Å². The van der Waals surface area contributed by atoms with E-state index in [9.17, 15) is 9.59 Å². The topological polar surface area (TPSA) is 101 Å². The van der Waals surface area contributed by atoms with E-state index in [1.54, 1.807) is 19.2 Å². The SMILES string of the molecule is COc1ccc(Br)c(C(=O)N2CCC(c3cc(C(N)=O)n[nH]3)CC2)c1. The lowest BCUT2D eigenvalue weighted by Crippen LogP contribution is -2.38. The zero-order valence-electron chi connectivity index (χ0n) is 13.8. The van der Waals surface area contributed by atoms with Gasteiger partial charge in [0.2, 0.25) is 0 Å². The molecule has 0 spiro atoms. The van der Waals surface area contributed by atoms with Crippen molar-refractivity contribution in [3.63, 3.8) is 0 Å². The summed E-state index contributed by atoms with van der Waals surface area (Å²) in [5.41, 5.74) is 6.96. The van der Waals surface area contributed by atoms with Crippen LogP contribution in [-0.4, -0.2) is 47.1 Å². The molecule has 1 fully saturated rings. The van der Waals surface area contributed by atoms with E-state index in [0.717, 1.165) is 23.0 Å². The summed E-state index contributed by atoms with van der Waals surface area (Å²) in [6.07, 6.45) is 1.60. The molecule has 8 heteroatoms. The molecule has 2 amide bonds. The van der Waals surface area contributed by atoms with E-state index in [-0.39, 0.29) is 17.5 Å². The molecule has 1 saturated heterocycles. The summed E-state index contributed by atoms with van der Waals surface area (Å²) in [7, 11) is 1.58. The number of benzene rings is 1. The van der Waals surface area contributed by atoms with E-state index in [1.807, 2.05) is 17.0 Å². The highest BCUT2D eigenvalue weighted by molar-refractivity contribution is 9.10. The van der Waals surface area contributed by atoms with Crippen LogP contribution in [0.5, 0.6) is 5.75 Å². The maximum Gasteiger partial charge on any atom is 0.269 e.